The zero-order valence-corrected chi connectivity index (χ0v) is 18.3. The van der Waals surface area contributed by atoms with Crippen molar-refractivity contribution in [2.45, 2.75) is 46.0 Å². The molecule has 1 atom stereocenters. The number of piperidine rings is 1. The number of rotatable bonds is 9. The van der Waals surface area contributed by atoms with Gasteiger partial charge in [-0.05, 0) is 44.2 Å². The molecule has 162 valence electrons. The number of likely N-dealkylation sites (tertiary alicyclic amines) is 1. The Labute approximate surface area is 174 Å². The summed E-state index contributed by atoms with van der Waals surface area (Å²) in [5, 5.41) is 5.64. The summed E-state index contributed by atoms with van der Waals surface area (Å²) in [7, 11) is -3.35. The summed E-state index contributed by atoms with van der Waals surface area (Å²) in [5.41, 5.74) is 1.84. The average molecular weight is 424 g/mol. The average Bonchev–Trinajstić information content (AvgIpc) is 2.68. The van der Waals surface area contributed by atoms with E-state index in [0.29, 0.717) is 26.1 Å². The lowest BCUT2D eigenvalue weighted by atomic mass is 9.98. The number of unbranched alkanes of at least 4 members (excludes halogenated alkanes) is 2. The minimum absolute atomic E-state index is 0.0740. The van der Waals surface area contributed by atoms with Gasteiger partial charge in [0.05, 0.1) is 5.75 Å². The number of sulfone groups is 1. The Balaban J connectivity index is 1.77. The number of nitrogens with zero attached hydrogens (tertiary/aromatic N) is 1. The normalized spacial score (nSPS) is 17.0. The van der Waals surface area contributed by atoms with Crippen molar-refractivity contribution in [2.75, 3.05) is 36.5 Å². The molecular weight excluding hydrogens is 390 g/mol. The maximum atomic E-state index is 12.4. The van der Waals surface area contributed by atoms with Crippen molar-refractivity contribution in [1.29, 1.82) is 0 Å². The minimum atomic E-state index is -3.35. The van der Waals surface area contributed by atoms with Crippen molar-refractivity contribution in [1.82, 2.24) is 10.2 Å². The number of anilines is 1. The summed E-state index contributed by atoms with van der Waals surface area (Å²) in [6, 6.07) is 7.26. The molecule has 1 unspecified atom stereocenters. The summed E-state index contributed by atoms with van der Waals surface area (Å²) in [4.78, 5) is 26.2. The van der Waals surface area contributed by atoms with Crippen LogP contribution in [0.4, 0.5) is 10.5 Å². The number of carbonyl (C=O) groups excluding carboxylic acids is 2. The van der Waals surface area contributed by atoms with Crippen molar-refractivity contribution in [3.05, 3.63) is 29.8 Å². The number of carbonyl (C=O) groups is 2. The summed E-state index contributed by atoms with van der Waals surface area (Å²) in [6.45, 7) is 5.51. The van der Waals surface area contributed by atoms with Crippen LogP contribution in [0.2, 0.25) is 0 Å². The molecule has 1 aromatic rings. The lowest BCUT2D eigenvalue weighted by Crippen LogP contribution is -2.46. The first-order chi connectivity index (χ1) is 13.8. The van der Waals surface area contributed by atoms with Crippen LogP contribution in [0.15, 0.2) is 24.3 Å². The van der Waals surface area contributed by atoms with Gasteiger partial charge in [0.2, 0.25) is 5.91 Å². The van der Waals surface area contributed by atoms with E-state index in [1.807, 2.05) is 38.1 Å². The standard InChI is InChI=1S/C21H33N3O4S/c1-3-4-5-13-29(27,28)16-20(25)24-12-6-7-18(15-24)14-22-21(26)23-19-10-8-17(2)9-11-19/h8-11,18H,3-7,12-16H2,1-2H3,(H2,22,23,26). The highest BCUT2D eigenvalue weighted by Crippen LogP contribution is 2.17. The third-order valence-electron chi connectivity index (χ3n) is 5.13. The van der Waals surface area contributed by atoms with Crippen LogP contribution < -0.4 is 10.6 Å². The Bertz CT molecular complexity index is 778. The van der Waals surface area contributed by atoms with E-state index in [0.717, 1.165) is 36.9 Å². The van der Waals surface area contributed by atoms with Gasteiger partial charge < -0.3 is 15.5 Å². The lowest BCUT2D eigenvalue weighted by Gasteiger charge is -2.32. The second-order valence-electron chi connectivity index (χ2n) is 7.85. The molecule has 0 aromatic heterocycles. The molecule has 2 N–H and O–H groups in total. The molecule has 1 aromatic carbocycles. The van der Waals surface area contributed by atoms with Crippen molar-refractivity contribution in [3.8, 4) is 0 Å². The van der Waals surface area contributed by atoms with Crippen LogP contribution in [0.5, 0.6) is 0 Å². The molecule has 0 bridgehead atoms. The Hall–Kier alpha value is -2.09. The summed E-state index contributed by atoms with van der Waals surface area (Å²) < 4.78 is 24.3. The van der Waals surface area contributed by atoms with Gasteiger partial charge in [0.25, 0.3) is 0 Å². The maximum absolute atomic E-state index is 12.4. The Morgan fingerprint density at radius 1 is 1.17 bits per heavy atom. The quantitative estimate of drug-likeness (QED) is 0.597. The van der Waals surface area contributed by atoms with Crippen LogP contribution in [0.3, 0.4) is 0 Å². The first-order valence-corrected chi connectivity index (χ1v) is 12.2. The number of benzene rings is 1. The zero-order valence-electron chi connectivity index (χ0n) is 17.4. The molecular formula is C21H33N3O4S. The molecule has 0 aliphatic carbocycles. The molecule has 1 aliphatic rings. The summed E-state index contributed by atoms with van der Waals surface area (Å²) in [5.74, 6) is -0.537. The monoisotopic (exact) mass is 423 g/mol. The number of hydrogen-bond donors (Lipinski definition) is 2. The van der Waals surface area contributed by atoms with E-state index in [9.17, 15) is 18.0 Å². The molecule has 3 amide bonds. The fraction of sp³-hybridized carbons (Fsp3) is 0.619. The summed E-state index contributed by atoms with van der Waals surface area (Å²) >= 11 is 0. The molecule has 0 radical (unpaired) electrons. The predicted molar refractivity (Wildman–Crippen MR) is 116 cm³/mol. The second-order valence-corrected chi connectivity index (χ2v) is 10.0. The van der Waals surface area contributed by atoms with E-state index >= 15 is 0 Å². The van der Waals surface area contributed by atoms with Gasteiger partial charge in [-0.2, -0.15) is 0 Å². The molecule has 2 rings (SSSR count). The fourth-order valence-corrected chi connectivity index (χ4v) is 4.78. The predicted octanol–water partition coefficient (Wildman–Crippen LogP) is 2.96. The number of nitrogens with one attached hydrogen (secondary N) is 2. The van der Waals surface area contributed by atoms with Gasteiger partial charge >= 0.3 is 6.03 Å². The highest BCUT2D eigenvalue weighted by molar-refractivity contribution is 7.92. The van der Waals surface area contributed by atoms with Crippen LogP contribution in [-0.2, 0) is 14.6 Å². The van der Waals surface area contributed by atoms with Crippen LogP contribution >= 0.6 is 0 Å². The number of urea groups is 1. The van der Waals surface area contributed by atoms with Crippen LogP contribution in [0, 0.1) is 12.8 Å². The van der Waals surface area contributed by atoms with Crippen molar-refractivity contribution >= 4 is 27.5 Å². The van der Waals surface area contributed by atoms with Crippen molar-refractivity contribution in [3.63, 3.8) is 0 Å². The highest BCUT2D eigenvalue weighted by Gasteiger charge is 2.27. The molecule has 29 heavy (non-hydrogen) atoms. The molecule has 1 saturated heterocycles. The van der Waals surface area contributed by atoms with Gasteiger partial charge in [-0.3, -0.25) is 4.79 Å². The van der Waals surface area contributed by atoms with E-state index in [1.165, 1.54) is 0 Å². The van der Waals surface area contributed by atoms with Crippen LogP contribution in [0.25, 0.3) is 0 Å². The van der Waals surface area contributed by atoms with Gasteiger partial charge in [-0.25, -0.2) is 13.2 Å². The van der Waals surface area contributed by atoms with Crippen LogP contribution in [0.1, 0.15) is 44.6 Å². The molecule has 1 fully saturated rings. The van der Waals surface area contributed by atoms with Crippen molar-refractivity contribution < 1.29 is 18.0 Å². The third-order valence-corrected chi connectivity index (χ3v) is 6.73. The maximum Gasteiger partial charge on any atom is 0.319 e. The van der Waals surface area contributed by atoms with Gasteiger partial charge in [-0.15, -0.1) is 0 Å². The first-order valence-electron chi connectivity index (χ1n) is 10.4. The second kappa shape index (κ2) is 11.2. The van der Waals surface area contributed by atoms with E-state index in [4.69, 9.17) is 0 Å². The zero-order chi connectivity index (χ0) is 21.3. The molecule has 1 heterocycles. The Kier molecular flexibility index (Phi) is 8.95. The molecule has 7 nitrogen and oxygen atoms in total. The topological polar surface area (TPSA) is 95.6 Å². The molecule has 8 heteroatoms. The van der Waals surface area contributed by atoms with Crippen LogP contribution in [-0.4, -0.2) is 56.4 Å². The van der Waals surface area contributed by atoms with E-state index < -0.39 is 15.6 Å². The number of aryl methyl sites for hydroxylation is 1. The molecule has 1 aliphatic heterocycles. The van der Waals surface area contributed by atoms with Crippen molar-refractivity contribution in [2.24, 2.45) is 5.92 Å². The van der Waals surface area contributed by atoms with E-state index in [1.54, 1.807) is 4.90 Å². The van der Waals surface area contributed by atoms with Gasteiger partial charge in [0, 0.05) is 25.3 Å². The lowest BCUT2D eigenvalue weighted by molar-refractivity contribution is -0.130. The number of hydrogen-bond acceptors (Lipinski definition) is 4. The van der Waals surface area contributed by atoms with Gasteiger partial charge in [-0.1, -0.05) is 37.5 Å². The van der Waals surface area contributed by atoms with E-state index in [2.05, 4.69) is 10.6 Å². The third kappa shape index (κ3) is 8.43. The number of amides is 3. The largest absolute Gasteiger partial charge is 0.341 e. The fourth-order valence-electron chi connectivity index (χ4n) is 3.43. The summed E-state index contributed by atoms with van der Waals surface area (Å²) in [6.07, 6.45) is 4.12. The van der Waals surface area contributed by atoms with Gasteiger partial charge in [0.15, 0.2) is 9.84 Å². The highest BCUT2D eigenvalue weighted by atomic mass is 32.2. The smallest absolute Gasteiger partial charge is 0.319 e. The SMILES string of the molecule is CCCCCS(=O)(=O)CC(=O)N1CCCC(CNC(=O)Nc2ccc(C)cc2)C1. The van der Waals surface area contributed by atoms with Gasteiger partial charge in [0.1, 0.15) is 5.75 Å². The molecule has 0 saturated carbocycles. The minimum Gasteiger partial charge on any atom is -0.341 e. The van der Waals surface area contributed by atoms with E-state index in [-0.39, 0.29) is 23.6 Å². The molecule has 0 spiro atoms. The first kappa shape index (κ1) is 23.2. The Morgan fingerprint density at radius 3 is 2.59 bits per heavy atom. The Morgan fingerprint density at radius 2 is 1.90 bits per heavy atom.